The fraction of sp³-hybridized carbons (Fsp3) is 0.167. The van der Waals surface area contributed by atoms with Crippen LogP contribution < -0.4 is 4.72 Å². The molecule has 0 aliphatic carbocycles. The number of carbonyl (C=O) groups is 1. The van der Waals surface area contributed by atoms with E-state index in [1.807, 2.05) is 4.72 Å². The van der Waals surface area contributed by atoms with Gasteiger partial charge in [-0.1, -0.05) is 15.9 Å². The first-order valence-corrected chi connectivity index (χ1v) is 8.26. The SMILES string of the molecule is Cn1ncc(NS(=O)(=O)c2cc(Br)cc(C(=O)O)c2)c1C(F)F. The van der Waals surface area contributed by atoms with Crippen molar-refractivity contribution < 1.29 is 27.1 Å². The van der Waals surface area contributed by atoms with Crippen molar-refractivity contribution in [1.82, 2.24) is 9.78 Å². The summed E-state index contributed by atoms with van der Waals surface area (Å²) in [5, 5.41) is 12.5. The van der Waals surface area contributed by atoms with Gasteiger partial charge in [-0.3, -0.25) is 9.40 Å². The Bertz CT molecular complexity index is 867. The number of anilines is 1. The highest BCUT2D eigenvalue weighted by Crippen LogP contribution is 2.29. The van der Waals surface area contributed by atoms with E-state index in [4.69, 9.17) is 5.11 Å². The first-order valence-electron chi connectivity index (χ1n) is 5.98. The summed E-state index contributed by atoms with van der Waals surface area (Å²) in [5.41, 5.74) is -1.23. The van der Waals surface area contributed by atoms with Crippen LogP contribution in [0.1, 0.15) is 22.5 Å². The Morgan fingerprint density at radius 3 is 2.61 bits per heavy atom. The molecule has 0 amide bonds. The summed E-state index contributed by atoms with van der Waals surface area (Å²) in [6.45, 7) is 0. The molecule has 2 aromatic rings. The summed E-state index contributed by atoms with van der Waals surface area (Å²) in [6, 6.07) is 3.30. The Hall–Kier alpha value is -2.01. The maximum atomic E-state index is 13.0. The van der Waals surface area contributed by atoms with Gasteiger partial charge in [-0.15, -0.1) is 0 Å². The number of sulfonamides is 1. The molecule has 1 heterocycles. The van der Waals surface area contributed by atoms with E-state index in [0.717, 1.165) is 23.0 Å². The Morgan fingerprint density at radius 1 is 1.39 bits per heavy atom. The highest BCUT2D eigenvalue weighted by Gasteiger charge is 2.24. The van der Waals surface area contributed by atoms with Gasteiger partial charge < -0.3 is 5.11 Å². The van der Waals surface area contributed by atoms with Gasteiger partial charge in [0.05, 0.1) is 22.3 Å². The number of aromatic nitrogens is 2. The average Bonchev–Trinajstić information content (AvgIpc) is 2.78. The number of carboxylic acid groups (broad SMARTS) is 1. The van der Waals surface area contributed by atoms with E-state index in [2.05, 4.69) is 21.0 Å². The Kier molecular flexibility index (Phi) is 4.71. The standard InChI is InChI=1S/C12H10BrF2N3O4S/c1-18-10(11(14)15)9(5-16-18)17-23(21,22)8-3-6(12(19)20)2-7(13)4-8/h2-5,11,17H,1H3,(H,19,20). The third kappa shape index (κ3) is 3.67. The van der Waals surface area contributed by atoms with Crippen molar-refractivity contribution in [2.24, 2.45) is 7.05 Å². The second-order valence-corrected chi connectivity index (χ2v) is 7.05. The number of nitrogens with zero attached hydrogens (tertiary/aromatic N) is 2. The van der Waals surface area contributed by atoms with Crippen LogP contribution in [-0.2, 0) is 17.1 Å². The predicted octanol–water partition coefficient (Wildman–Crippen LogP) is 2.62. The van der Waals surface area contributed by atoms with Crippen LogP contribution in [-0.4, -0.2) is 29.3 Å². The molecule has 11 heteroatoms. The van der Waals surface area contributed by atoms with E-state index >= 15 is 0 Å². The molecule has 7 nitrogen and oxygen atoms in total. The van der Waals surface area contributed by atoms with Crippen LogP contribution in [0.25, 0.3) is 0 Å². The van der Waals surface area contributed by atoms with E-state index in [1.165, 1.54) is 13.1 Å². The van der Waals surface area contributed by atoms with E-state index in [0.29, 0.717) is 0 Å². The summed E-state index contributed by atoms with van der Waals surface area (Å²) >= 11 is 3.01. The smallest absolute Gasteiger partial charge is 0.335 e. The minimum atomic E-state index is -4.26. The number of hydrogen-bond acceptors (Lipinski definition) is 4. The van der Waals surface area contributed by atoms with E-state index in [-0.39, 0.29) is 20.6 Å². The topological polar surface area (TPSA) is 101 Å². The molecule has 0 aliphatic rings. The van der Waals surface area contributed by atoms with Gasteiger partial charge in [0.1, 0.15) is 5.69 Å². The molecule has 124 valence electrons. The second kappa shape index (κ2) is 6.24. The maximum Gasteiger partial charge on any atom is 0.335 e. The lowest BCUT2D eigenvalue weighted by atomic mass is 10.2. The lowest BCUT2D eigenvalue weighted by Gasteiger charge is -2.10. The molecular formula is C12H10BrF2N3O4S. The minimum absolute atomic E-state index is 0.220. The molecule has 23 heavy (non-hydrogen) atoms. The zero-order valence-corrected chi connectivity index (χ0v) is 13.9. The van der Waals surface area contributed by atoms with Gasteiger partial charge in [0.15, 0.2) is 0 Å². The van der Waals surface area contributed by atoms with E-state index < -0.39 is 28.1 Å². The monoisotopic (exact) mass is 409 g/mol. The quantitative estimate of drug-likeness (QED) is 0.789. The van der Waals surface area contributed by atoms with Gasteiger partial charge in [0, 0.05) is 11.5 Å². The third-order valence-corrected chi connectivity index (χ3v) is 4.67. The molecule has 0 spiro atoms. The number of halogens is 3. The number of hydrogen-bond donors (Lipinski definition) is 2. The highest BCUT2D eigenvalue weighted by molar-refractivity contribution is 9.10. The molecule has 1 aromatic heterocycles. The first-order chi connectivity index (χ1) is 10.6. The summed E-state index contributed by atoms with van der Waals surface area (Å²) in [6.07, 6.45) is -1.98. The first kappa shape index (κ1) is 17.3. The fourth-order valence-electron chi connectivity index (χ4n) is 1.83. The van der Waals surface area contributed by atoms with Crippen molar-refractivity contribution in [2.45, 2.75) is 11.3 Å². The number of nitrogens with one attached hydrogen (secondary N) is 1. The molecule has 0 radical (unpaired) electrons. The van der Waals surface area contributed by atoms with Crippen LogP contribution >= 0.6 is 15.9 Å². The van der Waals surface area contributed by atoms with Crippen molar-refractivity contribution in [3.05, 3.63) is 40.1 Å². The normalized spacial score (nSPS) is 11.7. The lowest BCUT2D eigenvalue weighted by Crippen LogP contribution is -2.15. The molecule has 2 N–H and O–H groups in total. The van der Waals surface area contributed by atoms with Crippen LogP contribution in [0.3, 0.4) is 0 Å². The molecule has 0 atom stereocenters. The van der Waals surface area contributed by atoms with Crippen LogP contribution in [0.5, 0.6) is 0 Å². The molecule has 1 aromatic carbocycles. The lowest BCUT2D eigenvalue weighted by molar-refractivity contribution is 0.0696. The molecule has 2 rings (SSSR count). The van der Waals surface area contributed by atoms with Crippen molar-refractivity contribution >= 4 is 37.6 Å². The predicted molar refractivity (Wildman–Crippen MR) is 80.1 cm³/mol. The summed E-state index contributed by atoms with van der Waals surface area (Å²) in [7, 11) is -3.01. The van der Waals surface area contributed by atoms with Gasteiger partial charge in [0.2, 0.25) is 0 Å². The average molecular weight is 410 g/mol. The number of aromatic carboxylic acids is 1. The fourth-order valence-corrected chi connectivity index (χ4v) is 3.60. The molecule has 0 fully saturated rings. The highest BCUT2D eigenvalue weighted by atomic mass is 79.9. The Balaban J connectivity index is 2.46. The van der Waals surface area contributed by atoms with Gasteiger partial charge in [0.25, 0.3) is 16.4 Å². The Labute approximate surface area is 138 Å². The van der Waals surface area contributed by atoms with Crippen molar-refractivity contribution in [3.8, 4) is 0 Å². The molecule has 0 saturated carbocycles. The minimum Gasteiger partial charge on any atom is -0.478 e. The third-order valence-electron chi connectivity index (χ3n) is 2.86. The van der Waals surface area contributed by atoms with Crippen LogP contribution in [0.15, 0.2) is 33.8 Å². The Morgan fingerprint density at radius 2 is 2.04 bits per heavy atom. The number of carboxylic acids is 1. The molecule has 0 saturated heterocycles. The zero-order valence-electron chi connectivity index (χ0n) is 11.5. The molecular weight excluding hydrogens is 400 g/mol. The number of rotatable bonds is 5. The van der Waals surface area contributed by atoms with Crippen LogP contribution in [0.4, 0.5) is 14.5 Å². The number of benzene rings is 1. The van der Waals surface area contributed by atoms with Gasteiger partial charge >= 0.3 is 5.97 Å². The molecule has 0 bridgehead atoms. The zero-order chi connectivity index (χ0) is 17.4. The van der Waals surface area contributed by atoms with E-state index in [9.17, 15) is 22.0 Å². The summed E-state index contributed by atoms with van der Waals surface area (Å²) in [5.74, 6) is -1.32. The summed E-state index contributed by atoms with van der Waals surface area (Å²) < 4.78 is 53.6. The molecule has 0 aliphatic heterocycles. The van der Waals surface area contributed by atoms with Crippen LogP contribution in [0.2, 0.25) is 0 Å². The van der Waals surface area contributed by atoms with E-state index in [1.54, 1.807) is 0 Å². The summed E-state index contributed by atoms with van der Waals surface area (Å²) in [4.78, 5) is 10.6. The van der Waals surface area contributed by atoms with Crippen LogP contribution in [0, 0.1) is 0 Å². The van der Waals surface area contributed by atoms with Gasteiger partial charge in [-0.05, 0) is 18.2 Å². The van der Waals surface area contributed by atoms with Crippen molar-refractivity contribution in [2.75, 3.05) is 4.72 Å². The largest absolute Gasteiger partial charge is 0.478 e. The van der Waals surface area contributed by atoms with Gasteiger partial charge in [-0.2, -0.15) is 5.10 Å². The molecule has 0 unspecified atom stereocenters. The number of aryl methyl sites for hydroxylation is 1. The second-order valence-electron chi connectivity index (χ2n) is 4.45. The maximum absolute atomic E-state index is 13.0. The van der Waals surface area contributed by atoms with Crippen molar-refractivity contribution in [3.63, 3.8) is 0 Å². The van der Waals surface area contributed by atoms with Crippen molar-refractivity contribution in [1.29, 1.82) is 0 Å². The number of alkyl halides is 2. The van der Waals surface area contributed by atoms with Gasteiger partial charge in [-0.25, -0.2) is 22.0 Å².